The summed E-state index contributed by atoms with van der Waals surface area (Å²) in [6.07, 6.45) is -5.55. The Bertz CT molecular complexity index is 1010. The number of hydrogen-bond acceptors (Lipinski definition) is 5. The van der Waals surface area contributed by atoms with Crippen LogP contribution in [-0.2, 0) is 12.4 Å². The first-order chi connectivity index (χ1) is 16.1. The second-order valence-electron chi connectivity index (χ2n) is 9.27. The highest BCUT2D eigenvalue weighted by molar-refractivity contribution is 5.45. The molecule has 34 heavy (non-hydrogen) atoms. The summed E-state index contributed by atoms with van der Waals surface area (Å²) in [7, 11) is 0. The predicted molar refractivity (Wildman–Crippen MR) is 110 cm³/mol. The number of halogens is 6. The average molecular weight is 487 g/mol. The zero-order valence-corrected chi connectivity index (χ0v) is 18.1. The summed E-state index contributed by atoms with van der Waals surface area (Å²) in [6, 6.07) is 5.54. The van der Waals surface area contributed by atoms with E-state index in [0.29, 0.717) is 37.2 Å². The molecule has 2 aliphatic carbocycles. The highest BCUT2D eigenvalue weighted by atomic mass is 19.4. The van der Waals surface area contributed by atoms with E-state index in [2.05, 4.69) is 10.2 Å². The maximum atomic E-state index is 13.2. The lowest BCUT2D eigenvalue weighted by Crippen LogP contribution is -2.47. The van der Waals surface area contributed by atoms with Crippen LogP contribution in [0.15, 0.2) is 30.3 Å². The van der Waals surface area contributed by atoms with Gasteiger partial charge < -0.3 is 14.4 Å². The van der Waals surface area contributed by atoms with Crippen molar-refractivity contribution in [1.29, 1.82) is 0 Å². The molecule has 184 valence electrons. The average Bonchev–Trinajstić information content (AvgIpc) is 3.58. The van der Waals surface area contributed by atoms with Crippen LogP contribution in [0.4, 0.5) is 32.2 Å². The van der Waals surface area contributed by atoms with Gasteiger partial charge in [-0.15, -0.1) is 10.2 Å². The van der Waals surface area contributed by atoms with Gasteiger partial charge in [0.25, 0.3) is 0 Å². The van der Waals surface area contributed by atoms with Crippen molar-refractivity contribution in [3.05, 3.63) is 41.6 Å². The van der Waals surface area contributed by atoms with Gasteiger partial charge in [0, 0.05) is 24.9 Å². The normalized spacial score (nSPS) is 24.9. The van der Waals surface area contributed by atoms with Gasteiger partial charge in [-0.25, -0.2) is 0 Å². The molecule has 0 amide bonds. The van der Waals surface area contributed by atoms with E-state index in [-0.39, 0.29) is 23.7 Å². The van der Waals surface area contributed by atoms with Crippen molar-refractivity contribution < 1.29 is 35.8 Å². The number of benzene rings is 1. The molecule has 0 N–H and O–H groups in total. The second kappa shape index (κ2) is 8.49. The number of hydrogen-bond donors (Lipinski definition) is 0. The van der Waals surface area contributed by atoms with Gasteiger partial charge in [0.2, 0.25) is 0 Å². The number of ether oxygens (including phenoxy) is 2. The zero-order valence-electron chi connectivity index (χ0n) is 18.1. The van der Waals surface area contributed by atoms with E-state index < -0.39 is 23.6 Å². The lowest BCUT2D eigenvalue weighted by molar-refractivity contribution is -0.141. The molecular formula is C23H23F6N3O2. The number of anilines is 1. The Kier molecular flexibility index (Phi) is 5.76. The van der Waals surface area contributed by atoms with Crippen molar-refractivity contribution in [3.63, 3.8) is 0 Å². The third-order valence-corrected chi connectivity index (χ3v) is 6.72. The monoisotopic (exact) mass is 487 g/mol. The van der Waals surface area contributed by atoms with Crippen molar-refractivity contribution in [3.8, 4) is 11.5 Å². The molecule has 1 aromatic heterocycles. The van der Waals surface area contributed by atoms with Crippen molar-refractivity contribution in [2.45, 2.75) is 44.1 Å². The molecule has 1 unspecified atom stereocenters. The first-order valence-electron chi connectivity index (χ1n) is 11.2. The summed E-state index contributed by atoms with van der Waals surface area (Å²) in [5.74, 6) is 1.23. The smallest absolute Gasteiger partial charge is 0.435 e. The summed E-state index contributed by atoms with van der Waals surface area (Å²) in [6.45, 7) is 1.38. The van der Waals surface area contributed by atoms with Crippen LogP contribution in [0.3, 0.4) is 0 Å². The minimum atomic E-state index is -4.55. The molecule has 2 saturated carbocycles. The molecule has 1 saturated heterocycles. The van der Waals surface area contributed by atoms with Gasteiger partial charge in [0.15, 0.2) is 23.0 Å². The Morgan fingerprint density at radius 3 is 2.09 bits per heavy atom. The number of rotatable bonds is 6. The van der Waals surface area contributed by atoms with Crippen molar-refractivity contribution in [2.24, 2.45) is 17.8 Å². The SMILES string of the molecule is FC(F)(F)c1ccc(OC2[C@@H]3CC[C@H]2CN(c2ccc(C(F)(F)F)nn2)C3)c(OCC2CC2)c1. The number of piperidine rings is 1. The van der Waals surface area contributed by atoms with E-state index in [1.165, 1.54) is 12.1 Å². The predicted octanol–water partition coefficient (Wildman–Crippen LogP) is 5.60. The molecule has 0 spiro atoms. The van der Waals surface area contributed by atoms with Gasteiger partial charge in [0.1, 0.15) is 6.10 Å². The molecule has 0 radical (unpaired) electrons. The Balaban J connectivity index is 1.30. The Morgan fingerprint density at radius 2 is 1.53 bits per heavy atom. The molecule has 11 heteroatoms. The number of alkyl halides is 6. The number of fused-ring (bicyclic) bond motifs is 2. The summed E-state index contributed by atoms with van der Waals surface area (Å²) < 4.78 is 89.9. The third-order valence-electron chi connectivity index (χ3n) is 6.72. The summed E-state index contributed by atoms with van der Waals surface area (Å²) >= 11 is 0. The molecule has 3 fully saturated rings. The lowest BCUT2D eigenvalue weighted by atomic mass is 9.94. The van der Waals surface area contributed by atoms with Crippen molar-refractivity contribution >= 4 is 5.82 Å². The topological polar surface area (TPSA) is 47.5 Å². The Morgan fingerprint density at radius 1 is 0.824 bits per heavy atom. The van der Waals surface area contributed by atoms with E-state index in [4.69, 9.17) is 9.47 Å². The number of nitrogens with zero attached hydrogens (tertiary/aromatic N) is 3. The maximum absolute atomic E-state index is 13.2. The van der Waals surface area contributed by atoms with Crippen LogP contribution in [0.1, 0.15) is 36.9 Å². The Hall–Kier alpha value is -2.72. The molecule has 5 rings (SSSR count). The first kappa shape index (κ1) is 23.0. The molecule has 3 aliphatic rings. The van der Waals surface area contributed by atoms with E-state index >= 15 is 0 Å². The third kappa shape index (κ3) is 4.88. The maximum Gasteiger partial charge on any atom is 0.435 e. The minimum Gasteiger partial charge on any atom is -0.489 e. The Labute approximate surface area is 192 Å². The van der Waals surface area contributed by atoms with Crippen LogP contribution in [0.5, 0.6) is 11.5 Å². The summed E-state index contributed by atoms with van der Waals surface area (Å²) in [5.41, 5.74) is -1.83. The van der Waals surface area contributed by atoms with Crippen LogP contribution in [0.2, 0.25) is 0 Å². The van der Waals surface area contributed by atoms with Crippen molar-refractivity contribution in [1.82, 2.24) is 10.2 Å². The minimum absolute atomic E-state index is 0.0569. The first-order valence-corrected chi connectivity index (χ1v) is 11.2. The quantitative estimate of drug-likeness (QED) is 0.497. The van der Waals surface area contributed by atoms with Crippen LogP contribution in [0.25, 0.3) is 0 Å². The molecule has 2 aromatic rings. The fraction of sp³-hybridized carbons (Fsp3) is 0.565. The molecule has 2 bridgehead atoms. The van der Waals surface area contributed by atoms with Gasteiger partial charge in [-0.3, -0.25) is 0 Å². The summed E-state index contributed by atoms with van der Waals surface area (Å²) in [4.78, 5) is 1.90. The van der Waals surface area contributed by atoms with Crippen LogP contribution in [0, 0.1) is 17.8 Å². The van der Waals surface area contributed by atoms with Crippen LogP contribution >= 0.6 is 0 Å². The molecule has 1 aliphatic heterocycles. The molecule has 5 nitrogen and oxygen atoms in total. The van der Waals surface area contributed by atoms with Crippen LogP contribution in [-0.4, -0.2) is 36.0 Å². The van der Waals surface area contributed by atoms with Gasteiger partial charge >= 0.3 is 12.4 Å². The van der Waals surface area contributed by atoms with Gasteiger partial charge in [-0.05, 0) is 61.9 Å². The molecule has 1 aromatic carbocycles. The fourth-order valence-electron chi connectivity index (χ4n) is 4.73. The lowest BCUT2D eigenvalue weighted by Gasteiger charge is -2.38. The van der Waals surface area contributed by atoms with Gasteiger partial charge in [0.05, 0.1) is 12.2 Å². The number of aromatic nitrogens is 2. The fourth-order valence-corrected chi connectivity index (χ4v) is 4.73. The molecular weight excluding hydrogens is 464 g/mol. The standard InChI is InChI=1S/C23H23F6N3O2/c24-22(25,26)16-5-6-17(18(9-16)33-12-13-1-2-13)34-21-14-3-4-15(21)11-32(10-14)20-8-7-19(30-31-20)23(27,28)29/h5-9,13-15,21H,1-4,10-12H2/t14-,15+,21?. The largest absolute Gasteiger partial charge is 0.489 e. The highest BCUT2D eigenvalue weighted by Gasteiger charge is 2.45. The second-order valence-corrected chi connectivity index (χ2v) is 9.27. The molecule has 2 heterocycles. The van der Waals surface area contributed by atoms with Crippen molar-refractivity contribution in [2.75, 3.05) is 24.6 Å². The van der Waals surface area contributed by atoms with E-state index in [1.54, 1.807) is 0 Å². The van der Waals surface area contributed by atoms with Crippen LogP contribution < -0.4 is 14.4 Å². The van der Waals surface area contributed by atoms with Gasteiger partial charge in [-0.1, -0.05) is 0 Å². The highest BCUT2D eigenvalue weighted by Crippen LogP contribution is 2.44. The van der Waals surface area contributed by atoms with E-state index in [0.717, 1.165) is 43.9 Å². The zero-order chi connectivity index (χ0) is 24.1. The van der Waals surface area contributed by atoms with Gasteiger partial charge in [-0.2, -0.15) is 26.3 Å². The summed E-state index contributed by atoms with van der Waals surface area (Å²) in [5, 5.41) is 7.06. The molecule has 3 atom stereocenters. The van der Waals surface area contributed by atoms with E-state index in [9.17, 15) is 26.3 Å². The van der Waals surface area contributed by atoms with E-state index in [1.807, 2.05) is 4.90 Å².